The second kappa shape index (κ2) is 8.97. The van der Waals surface area contributed by atoms with Crippen LogP contribution in [-0.4, -0.2) is 58.4 Å². The summed E-state index contributed by atoms with van der Waals surface area (Å²) in [6.45, 7) is 8.94. The molecule has 4 fully saturated rings. The van der Waals surface area contributed by atoms with Crippen molar-refractivity contribution < 1.29 is 14.3 Å². The van der Waals surface area contributed by atoms with Gasteiger partial charge in [0.15, 0.2) is 0 Å². The minimum atomic E-state index is -0.334. The van der Waals surface area contributed by atoms with E-state index in [2.05, 4.69) is 51.1 Å². The first-order chi connectivity index (χ1) is 15.8. The number of fused-ring (bicyclic) bond motifs is 4. The Morgan fingerprint density at radius 2 is 1.76 bits per heavy atom. The van der Waals surface area contributed by atoms with Crippen LogP contribution in [0.15, 0.2) is 30.3 Å². The predicted molar refractivity (Wildman–Crippen MR) is 133 cm³/mol. The van der Waals surface area contributed by atoms with E-state index in [4.69, 9.17) is 9.47 Å². The minimum absolute atomic E-state index is 0.133. The molecule has 1 amide bonds. The van der Waals surface area contributed by atoms with Gasteiger partial charge in [-0.3, -0.25) is 0 Å². The van der Waals surface area contributed by atoms with Crippen LogP contribution >= 0.6 is 0 Å². The zero-order valence-corrected chi connectivity index (χ0v) is 22.5. The molecule has 0 N–H and O–H groups in total. The Bertz CT molecular complexity index is 843. The van der Waals surface area contributed by atoms with Gasteiger partial charge < -0.3 is 0 Å². The average molecular weight is 519 g/mol. The van der Waals surface area contributed by atoms with Crippen LogP contribution in [0, 0.1) is 28.6 Å². The molecule has 182 valence electrons. The summed E-state index contributed by atoms with van der Waals surface area (Å²) in [5.41, 5.74) is 0.289. The molecule has 0 radical (unpaired) electrons. The van der Waals surface area contributed by atoms with Crippen LogP contribution in [0.2, 0.25) is 4.82 Å². The summed E-state index contributed by atoms with van der Waals surface area (Å²) in [5, 5.41) is 0. The molecule has 3 saturated carbocycles. The van der Waals surface area contributed by atoms with E-state index in [0.29, 0.717) is 43.6 Å². The van der Waals surface area contributed by atoms with E-state index in [0.717, 1.165) is 32.5 Å². The number of amides is 1. The summed E-state index contributed by atoms with van der Waals surface area (Å²) in [6.07, 6.45) is 9.34. The van der Waals surface area contributed by atoms with Crippen LogP contribution < -0.4 is 4.46 Å². The molecule has 0 bridgehead atoms. The monoisotopic (exact) mass is 519 g/mol. The molecule has 1 saturated heterocycles. The average Bonchev–Trinajstić information content (AvgIpc) is 3.40. The number of ether oxygens (including phenoxy) is 2. The van der Waals surface area contributed by atoms with E-state index in [1.54, 1.807) is 0 Å². The first-order valence-electron chi connectivity index (χ1n) is 13.0. The first-order valence-corrected chi connectivity index (χ1v) is 14.8. The molecule has 1 aromatic rings. The van der Waals surface area contributed by atoms with Crippen LogP contribution in [0.5, 0.6) is 0 Å². The van der Waals surface area contributed by atoms with E-state index in [-0.39, 0.29) is 16.6 Å². The molecule has 3 aliphatic carbocycles. The Kier molecular flexibility index (Phi) is 6.48. The second-order valence-electron chi connectivity index (χ2n) is 11.6. The van der Waals surface area contributed by atoms with Gasteiger partial charge in [0.05, 0.1) is 0 Å². The molecule has 5 rings (SSSR count). The number of benzene rings is 1. The van der Waals surface area contributed by atoms with Crippen molar-refractivity contribution >= 4 is 25.8 Å². The zero-order valence-electron chi connectivity index (χ0n) is 20.8. The Hall–Kier alpha value is -0.871. The van der Waals surface area contributed by atoms with Crippen LogP contribution in [0.25, 0.3) is 0 Å². The molecule has 4 nitrogen and oxygen atoms in total. The molecule has 0 aromatic heterocycles. The van der Waals surface area contributed by atoms with E-state index >= 15 is 0 Å². The molecule has 1 aliphatic heterocycles. The van der Waals surface area contributed by atoms with Gasteiger partial charge in [0.2, 0.25) is 0 Å². The van der Waals surface area contributed by atoms with E-state index in [9.17, 15) is 4.79 Å². The molecular weight excluding hydrogens is 477 g/mol. The number of nitrogens with zero attached hydrogens (tertiary/aromatic N) is 1. The molecule has 1 spiro atoms. The number of hydrogen-bond donors (Lipinski definition) is 0. The molecular formula is C28H41NO3Se. The van der Waals surface area contributed by atoms with Crippen molar-refractivity contribution in [3.8, 4) is 0 Å². The van der Waals surface area contributed by atoms with Crippen molar-refractivity contribution in [3.63, 3.8) is 0 Å². The van der Waals surface area contributed by atoms with Crippen molar-refractivity contribution in [2.75, 3.05) is 20.3 Å². The number of carbonyl (C=O) groups is 1. The van der Waals surface area contributed by atoms with Crippen molar-refractivity contribution in [1.82, 2.24) is 4.90 Å². The van der Waals surface area contributed by atoms with Gasteiger partial charge in [0, 0.05) is 0 Å². The molecule has 1 aromatic carbocycles. The Morgan fingerprint density at radius 1 is 1.06 bits per heavy atom. The maximum absolute atomic E-state index is 11.9. The van der Waals surface area contributed by atoms with Gasteiger partial charge >= 0.3 is 207 Å². The van der Waals surface area contributed by atoms with Gasteiger partial charge in [-0.1, -0.05) is 0 Å². The maximum atomic E-state index is 11.9. The summed E-state index contributed by atoms with van der Waals surface area (Å²) in [4.78, 5) is 14.6. The molecule has 5 heteroatoms. The van der Waals surface area contributed by atoms with Gasteiger partial charge in [-0.05, 0) is 0 Å². The van der Waals surface area contributed by atoms with Gasteiger partial charge in [-0.25, -0.2) is 0 Å². The van der Waals surface area contributed by atoms with Gasteiger partial charge in [0.25, 0.3) is 0 Å². The van der Waals surface area contributed by atoms with Crippen LogP contribution in [0.1, 0.15) is 65.7 Å². The van der Waals surface area contributed by atoms with Crippen molar-refractivity contribution in [2.24, 2.45) is 28.6 Å². The fourth-order valence-electron chi connectivity index (χ4n) is 8.74. The van der Waals surface area contributed by atoms with Crippen molar-refractivity contribution in [3.05, 3.63) is 30.3 Å². The van der Waals surface area contributed by atoms with E-state index in [1.165, 1.54) is 36.6 Å². The van der Waals surface area contributed by atoms with Crippen molar-refractivity contribution in [1.29, 1.82) is 0 Å². The van der Waals surface area contributed by atoms with E-state index in [1.807, 2.05) is 11.9 Å². The zero-order chi connectivity index (χ0) is 23.3. The molecule has 7 atom stereocenters. The van der Waals surface area contributed by atoms with Crippen molar-refractivity contribution in [2.45, 2.75) is 82.4 Å². The third-order valence-corrected chi connectivity index (χ3v) is 12.4. The van der Waals surface area contributed by atoms with Crippen LogP contribution in [0.4, 0.5) is 0 Å². The van der Waals surface area contributed by atoms with Crippen LogP contribution in [0.3, 0.4) is 0 Å². The molecule has 33 heavy (non-hydrogen) atoms. The second-order valence-corrected chi connectivity index (χ2v) is 14.8. The number of rotatable bonds is 6. The summed E-state index contributed by atoms with van der Waals surface area (Å²) in [6, 6.07) is 11.3. The molecule has 1 heterocycles. The quantitative estimate of drug-likeness (QED) is 0.406. The first kappa shape index (κ1) is 23.9. The van der Waals surface area contributed by atoms with Crippen LogP contribution in [-0.2, 0) is 14.3 Å². The number of hydrogen-bond acceptors (Lipinski definition) is 3. The number of carbonyl (C=O) groups excluding carboxylic acids is 1. The Morgan fingerprint density at radius 3 is 2.45 bits per heavy atom. The summed E-state index contributed by atoms with van der Waals surface area (Å²) < 4.78 is 14.2. The SMILES string of the molecule is CC(CC1(C)C2CCC3(C)C(CCC34OCCO4)C2CCC1N(C)C=O)[Se]c1ccccc1. The molecule has 7 unspecified atom stereocenters. The third-order valence-electron chi connectivity index (χ3n) is 10.1. The fraction of sp³-hybridized carbons (Fsp3) is 0.750. The Labute approximate surface area is 206 Å². The normalized spacial score (nSPS) is 40.2. The van der Waals surface area contributed by atoms with E-state index < -0.39 is 0 Å². The standard InChI is InChI=1S/C28H41NO3Se/c1-20(33-21-8-6-5-7-9-21)18-26(2)23-12-14-27(3)24(13-15-28(27)31-16-17-32-28)22(23)10-11-25(26)29(4)19-30/h5-9,19-20,22-25H,10-18H2,1-4H3. The summed E-state index contributed by atoms with van der Waals surface area (Å²) in [5.74, 6) is 1.72. The van der Waals surface area contributed by atoms with Gasteiger partial charge in [-0.2, -0.15) is 0 Å². The van der Waals surface area contributed by atoms with Gasteiger partial charge in [-0.15, -0.1) is 0 Å². The summed E-state index contributed by atoms with van der Waals surface area (Å²) in [7, 11) is 2.01. The topological polar surface area (TPSA) is 38.8 Å². The fourth-order valence-corrected chi connectivity index (χ4v) is 11.3. The molecule has 4 aliphatic rings. The third kappa shape index (κ3) is 3.82. The van der Waals surface area contributed by atoms with Gasteiger partial charge in [0.1, 0.15) is 0 Å². The summed E-state index contributed by atoms with van der Waals surface area (Å²) >= 11 is 0.452. The predicted octanol–water partition coefficient (Wildman–Crippen LogP) is 4.66. The Balaban J connectivity index is 1.42.